The van der Waals surface area contributed by atoms with Gasteiger partial charge in [-0.2, -0.15) is 0 Å². The lowest BCUT2D eigenvalue weighted by molar-refractivity contribution is 0.0949. The molecule has 1 aliphatic rings. The fourth-order valence-electron chi connectivity index (χ4n) is 3.05. The smallest absolute Gasteiger partial charge is 0.273 e. The summed E-state index contributed by atoms with van der Waals surface area (Å²) in [6.07, 6.45) is 1.60. The number of amides is 2. The molecule has 2 amide bonds. The van der Waals surface area contributed by atoms with Gasteiger partial charge in [0.2, 0.25) is 9.84 Å². The number of carbonyl (C=O) groups excluding carboxylic acids is 2. The maximum atomic E-state index is 13.0. The molecule has 9 nitrogen and oxygen atoms in total. The first-order valence-corrected chi connectivity index (χ1v) is 11.6. The molecule has 0 spiro atoms. The number of rotatable bonds is 6. The van der Waals surface area contributed by atoms with E-state index in [9.17, 15) is 18.0 Å². The number of sulfone groups is 1. The molecule has 0 saturated carbocycles. The summed E-state index contributed by atoms with van der Waals surface area (Å²) in [7, 11) is -3.92. The molecule has 0 bridgehead atoms. The molecule has 0 atom stereocenters. The summed E-state index contributed by atoms with van der Waals surface area (Å²) in [5.41, 5.74) is 5.72. The second kappa shape index (κ2) is 8.46. The van der Waals surface area contributed by atoms with Gasteiger partial charge >= 0.3 is 0 Å². The van der Waals surface area contributed by atoms with Crippen LogP contribution in [0.25, 0.3) is 0 Å². The Labute approximate surface area is 182 Å². The molecule has 2 aromatic carbocycles. The average molecular weight is 459 g/mol. The molecule has 31 heavy (non-hydrogen) atoms. The third-order valence-electron chi connectivity index (χ3n) is 4.50. The van der Waals surface area contributed by atoms with Crippen molar-refractivity contribution in [1.82, 2.24) is 10.3 Å². The van der Waals surface area contributed by atoms with Crippen molar-refractivity contribution in [1.29, 1.82) is 0 Å². The minimum atomic E-state index is -3.92. The van der Waals surface area contributed by atoms with E-state index in [0.717, 1.165) is 4.88 Å². The molecule has 2 heterocycles. The minimum Gasteiger partial charge on any atom is -0.469 e. The summed E-state index contributed by atoms with van der Waals surface area (Å²) in [4.78, 5) is 29.9. The van der Waals surface area contributed by atoms with Crippen molar-refractivity contribution in [2.45, 2.75) is 16.3 Å². The highest BCUT2D eigenvalue weighted by atomic mass is 32.2. The van der Waals surface area contributed by atoms with E-state index in [4.69, 9.17) is 10.5 Å². The summed E-state index contributed by atoms with van der Waals surface area (Å²) < 4.78 is 31.4. The molecule has 0 fully saturated rings. The van der Waals surface area contributed by atoms with Gasteiger partial charge in [-0.3, -0.25) is 9.59 Å². The third kappa shape index (κ3) is 4.15. The van der Waals surface area contributed by atoms with E-state index in [1.807, 2.05) is 0 Å². The number of benzene rings is 2. The largest absolute Gasteiger partial charge is 0.469 e. The van der Waals surface area contributed by atoms with Crippen molar-refractivity contribution < 1.29 is 22.7 Å². The Morgan fingerprint density at radius 3 is 2.81 bits per heavy atom. The van der Waals surface area contributed by atoms with E-state index in [0.29, 0.717) is 18.3 Å². The zero-order chi connectivity index (χ0) is 22.0. The molecule has 11 heteroatoms. The van der Waals surface area contributed by atoms with Crippen LogP contribution in [-0.4, -0.2) is 38.4 Å². The Hall–Kier alpha value is -3.28. The second-order valence-electron chi connectivity index (χ2n) is 6.58. The molecule has 4 rings (SSSR count). The lowest BCUT2D eigenvalue weighted by Crippen LogP contribution is -2.22. The van der Waals surface area contributed by atoms with Gasteiger partial charge < -0.3 is 21.1 Å². The van der Waals surface area contributed by atoms with Gasteiger partial charge in [-0.1, -0.05) is 23.5 Å². The van der Waals surface area contributed by atoms with Crippen LogP contribution in [0.5, 0.6) is 5.19 Å². The van der Waals surface area contributed by atoms with E-state index in [1.165, 1.54) is 41.7 Å². The van der Waals surface area contributed by atoms with Crippen LogP contribution in [-0.2, 0) is 16.4 Å². The number of carbonyl (C=O) groups is 2. The number of hydrogen-bond donors (Lipinski definition) is 3. The van der Waals surface area contributed by atoms with Gasteiger partial charge in [0, 0.05) is 23.2 Å². The zero-order valence-electron chi connectivity index (χ0n) is 16.1. The number of nitrogens with one attached hydrogen (secondary N) is 2. The fourth-order valence-corrected chi connectivity index (χ4v) is 5.37. The van der Waals surface area contributed by atoms with Crippen LogP contribution in [0.15, 0.2) is 58.5 Å². The second-order valence-corrected chi connectivity index (χ2v) is 9.54. The molecular weight excluding hydrogens is 440 g/mol. The van der Waals surface area contributed by atoms with E-state index in [1.54, 1.807) is 18.3 Å². The molecule has 1 aromatic heterocycles. The predicted octanol–water partition coefficient (Wildman–Crippen LogP) is 1.81. The molecule has 0 radical (unpaired) electrons. The van der Waals surface area contributed by atoms with Crippen LogP contribution >= 0.6 is 11.3 Å². The maximum Gasteiger partial charge on any atom is 0.273 e. The quantitative estimate of drug-likeness (QED) is 0.512. The third-order valence-corrected chi connectivity index (χ3v) is 7.28. The fraction of sp³-hybridized carbons (Fsp3) is 0.150. The topological polar surface area (TPSA) is 140 Å². The zero-order valence-corrected chi connectivity index (χ0v) is 17.8. The van der Waals surface area contributed by atoms with Gasteiger partial charge in [0.15, 0.2) is 0 Å². The maximum absolute atomic E-state index is 13.0. The Bertz CT molecular complexity index is 1270. The first-order valence-electron chi connectivity index (χ1n) is 9.25. The lowest BCUT2D eigenvalue weighted by atomic mass is 10.1. The van der Waals surface area contributed by atoms with E-state index in [2.05, 4.69) is 15.6 Å². The molecule has 0 unspecified atom stereocenters. The summed E-state index contributed by atoms with van der Waals surface area (Å²) in [6.45, 7) is 0.948. The number of hydrogen-bond acceptors (Lipinski definition) is 8. The highest BCUT2D eigenvalue weighted by Crippen LogP contribution is 2.34. The van der Waals surface area contributed by atoms with Crippen molar-refractivity contribution >= 4 is 38.7 Å². The number of fused-ring (bicyclic) bond motifs is 2. The molecule has 4 N–H and O–H groups in total. The minimum absolute atomic E-state index is 0.0579. The lowest BCUT2D eigenvalue weighted by Gasteiger charge is -2.10. The molecule has 0 saturated heterocycles. The Morgan fingerprint density at radius 1 is 1.19 bits per heavy atom. The molecular formula is C20H18N4O5S2. The highest BCUT2D eigenvalue weighted by Gasteiger charge is 2.31. The van der Waals surface area contributed by atoms with Crippen molar-refractivity contribution in [2.75, 3.05) is 18.5 Å². The molecule has 0 aliphatic carbocycles. The number of nitrogens with two attached hydrogens (primary N) is 1. The normalized spacial score (nSPS) is 14.0. The summed E-state index contributed by atoms with van der Waals surface area (Å²) in [5, 5.41) is 5.80. The first-order chi connectivity index (χ1) is 14.9. The highest BCUT2D eigenvalue weighted by molar-refractivity contribution is 7.91. The average Bonchev–Trinajstić information content (AvgIpc) is 3.20. The summed E-state index contributed by atoms with van der Waals surface area (Å²) in [6, 6.07) is 10.1. The molecule has 1 aliphatic heterocycles. The number of thiazole rings is 1. The van der Waals surface area contributed by atoms with Gasteiger partial charge in [0.25, 0.3) is 17.0 Å². The van der Waals surface area contributed by atoms with Crippen LogP contribution in [0.1, 0.15) is 25.6 Å². The number of ether oxygens (including phenoxy) is 1. The van der Waals surface area contributed by atoms with Crippen LogP contribution in [0.3, 0.4) is 0 Å². The van der Waals surface area contributed by atoms with Crippen LogP contribution < -0.4 is 21.1 Å². The van der Waals surface area contributed by atoms with Crippen molar-refractivity contribution in [2.24, 2.45) is 5.73 Å². The summed E-state index contributed by atoms with van der Waals surface area (Å²) >= 11 is 1.29. The Balaban J connectivity index is 1.55. The number of anilines is 1. The van der Waals surface area contributed by atoms with Crippen LogP contribution in [0, 0.1) is 0 Å². The van der Waals surface area contributed by atoms with Crippen LogP contribution in [0.4, 0.5) is 5.69 Å². The standard InChI is InChI=1S/C20H18N4O5S2/c21-7-8-29-20-23-11-13(30-20)10-22-18(25)12-5-6-17-15(9-12)24-19(26)14-3-1-2-4-16(14)31(17,27)28/h1-6,9,11H,7-8,10,21H2,(H,22,25)(H,24,26). The first kappa shape index (κ1) is 21.0. The summed E-state index contributed by atoms with van der Waals surface area (Å²) in [5.74, 6) is -0.973. The van der Waals surface area contributed by atoms with Gasteiger partial charge in [0.1, 0.15) is 6.61 Å². The van der Waals surface area contributed by atoms with Gasteiger partial charge in [0.05, 0.1) is 27.6 Å². The van der Waals surface area contributed by atoms with Gasteiger partial charge in [-0.15, -0.1) is 0 Å². The van der Waals surface area contributed by atoms with E-state index >= 15 is 0 Å². The Kier molecular flexibility index (Phi) is 5.72. The van der Waals surface area contributed by atoms with E-state index < -0.39 is 21.7 Å². The van der Waals surface area contributed by atoms with Gasteiger partial charge in [-0.25, -0.2) is 13.4 Å². The van der Waals surface area contributed by atoms with Crippen molar-refractivity contribution in [3.05, 3.63) is 64.7 Å². The van der Waals surface area contributed by atoms with Crippen molar-refractivity contribution in [3.8, 4) is 5.19 Å². The molecule has 3 aromatic rings. The monoisotopic (exact) mass is 458 g/mol. The predicted molar refractivity (Wildman–Crippen MR) is 114 cm³/mol. The van der Waals surface area contributed by atoms with Gasteiger partial charge in [-0.05, 0) is 30.3 Å². The van der Waals surface area contributed by atoms with E-state index in [-0.39, 0.29) is 33.2 Å². The number of nitrogens with zero attached hydrogens (tertiary/aromatic N) is 1. The number of aromatic nitrogens is 1. The molecule has 160 valence electrons. The van der Waals surface area contributed by atoms with Crippen LogP contribution in [0.2, 0.25) is 0 Å². The SMILES string of the molecule is NCCOc1ncc(CNC(=O)c2ccc3c(c2)NC(=O)c2ccccc2S3(=O)=O)s1. The van der Waals surface area contributed by atoms with Crippen molar-refractivity contribution in [3.63, 3.8) is 0 Å². The Morgan fingerprint density at radius 2 is 2.00 bits per heavy atom.